The highest BCUT2D eigenvalue weighted by Gasteiger charge is 2.07. The van der Waals surface area contributed by atoms with E-state index in [1.165, 1.54) is 0 Å². The van der Waals surface area contributed by atoms with Gasteiger partial charge in [-0.1, -0.05) is 18.2 Å². The molecular weight excluding hydrogens is 409 g/mol. The molecule has 0 aromatic heterocycles. The summed E-state index contributed by atoms with van der Waals surface area (Å²) in [5.41, 5.74) is 1.16. The second-order valence-corrected chi connectivity index (χ2v) is 5.91. The van der Waals surface area contributed by atoms with Crippen molar-refractivity contribution in [3.05, 3.63) is 29.8 Å². The standard InChI is InChI=1S/C16H27N3OS.HI/c1-13-8-5-6-9-15(13)20-14(2)12-19-16(17-3)18-10-7-11-21-4;/h5-6,8-9,14H,7,10-12H2,1-4H3,(H2,17,18,19);1H. The molecule has 0 amide bonds. The van der Waals surface area contributed by atoms with E-state index in [-0.39, 0.29) is 30.1 Å². The second-order valence-electron chi connectivity index (χ2n) is 4.92. The van der Waals surface area contributed by atoms with Gasteiger partial charge in [0.05, 0.1) is 6.54 Å². The average molecular weight is 437 g/mol. The Bertz CT molecular complexity index is 443. The lowest BCUT2D eigenvalue weighted by atomic mass is 10.2. The molecule has 1 atom stereocenters. The third kappa shape index (κ3) is 8.73. The Kier molecular flexibility index (Phi) is 12.5. The topological polar surface area (TPSA) is 45.7 Å². The van der Waals surface area contributed by atoms with Crippen molar-refractivity contribution in [1.29, 1.82) is 0 Å². The monoisotopic (exact) mass is 437 g/mol. The van der Waals surface area contributed by atoms with Crippen molar-refractivity contribution in [2.24, 2.45) is 4.99 Å². The van der Waals surface area contributed by atoms with Crippen LogP contribution in [0.5, 0.6) is 5.75 Å². The third-order valence-corrected chi connectivity index (χ3v) is 3.72. The van der Waals surface area contributed by atoms with Crippen LogP contribution in [-0.2, 0) is 0 Å². The number of nitrogens with one attached hydrogen (secondary N) is 2. The number of para-hydroxylation sites is 1. The van der Waals surface area contributed by atoms with E-state index in [0.29, 0.717) is 0 Å². The van der Waals surface area contributed by atoms with Crippen LogP contribution in [0.1, 0.15) is 18.9 Å². The van der Waals surface area contributed by atoms with E-state index in [1.807, 2.05) is 30.0 Å². The molecule has 1 aromatic rings. The van der Waals surface area contributed by atoms with Crippen LogP contribution in [0.2, 0.25) is 0 Å². The van der Waals surface area contributed by atoms with Crippen LogP contribution >= 0.6 is 35.7 Å². The largest absolute Gasteiger partial charge is 0.489 e. The number of rotatable bonds is 8. The lowest BCUT2D eigenvalue weighted by Gasteiger charge is -2.18. The lowest BCUT2D eigenvalue weighted by Crippen LogP contribution is -2.42. The number of halogens is 1. The molecule has 0 bridgehead atoms. The summed E-state index contributed by atoms with van der Waals surface area (Å²) in [4.78, 5) is 4.21. The van der Waals surface area contributed by atoms with E-state index in [1.54, 1.807) is 7.05 Å². The summed E-state index contributed by atoms with van der Waals surface area (Å²) in [6, 6.07) is 8.07. The first-order chi connectivity index (χ1) is 10.2. The van der Waals surface area contributed by atoms with E-state index in [4.69, 9.17) is 4.74 Å². The van der Waals surface area contributed by atoms with Crippen molar-refractivity contribution in [3.8, 4) is 5.75 Å². The van der Waals surface area contributed by atoms with Crippen molar-refractivity contribution in [2.45, 2.75) is 26.4 Å². The Labute approximate surface area is 155 Å². The number of nitrogens with zero attached hydrogens (tertiary/aromatic N) is 1. The fourth-order valence-corrected chi connectivity index (χ4v) is 2.26. The molecule has 0 aliphatic carbocycles. The molecule has 6 heteroatoms. The Hall–Kier alpha value is -0.630. The molecule has 4 nitrogen and oxygen atoms in total. The van der Waals surface area contributed by atoms with Gasteiger partial charge in [-0.05, 0) is 43.9 Å². The van der Waals surface area contributed by atoms with E-state index in [0.717, 1.165) is 42.5 Å². The zero-order valence-electron chi connectivity index (χ0n) is 13.9. The molecule has 22 heavy (non-hydrogen) atoms. The maximum atomic E-state index is 5.93. The summed E-state index contributed by atoms with van der Waals surface area (Å²) in [5, 5.41) is 6.60. The zero-order chi connectivity index (χ0) is 15.5. The average Bonchev–Trinajstić information content (AvgIpc) is 2.49. The SMILES string of the molecule is CN=C(NCCCSC)NCC(C)Oc1ccccc1C.I. The maximum Gasteiger partial charge on any atom is 0.191 e. The minimum Gasteiger partial charge on any atom is -0.489 e. The summed E-state index contributed by atoms with van der Waals surface area (Å²) in [7, 11) is 1.79. The first kappa shape index (κ1) is 21.4. The molecule has 0 saturated heterocycles. The quantitative estimate of drug-likeness (QED) is 0.284. The van der Waals surface area contributed by atoms with E-state index in [2.05, 4.69) is 41.8 Å². The number of aryl methyl sites for hydroxylation is 1. The molecule has 126 valence electrons. The summed E-state index contributed by atoms with van der Waals surface area (Å²) < 4.78 is 5.93. The van der Waals surface area contributed by atoms with Gasteiger partial charge in [0.15, 0.2) is 5.96 Å². The van der Waals surface area contributed by atoms with Gasteiger partial charge in [0, 0.05) is 13.6 Å². The molecular formula is C16H28IN3OS. The van der Waals surface area contributed by atoms with Gasteiger partial charge in [-0.2, -0.15) is 11.8 Å². The molecule has 0 spiro atoms. The van der Waals surface area contributed by atoms with Crippen LogP contribution in [-0.4, -0.2) is 44.2 Å². The van der Waals surface area contributed by atoms with Crippen LogP contribution in [0, 0.1) is 6.92 Å². The van der Waals surface area contributed by atoms with E-state index < -0.39 is 0 Å². The van der Waals surface area contributed by atoms with Crippen molar-refractivity contribution >= 4 is 41.7 Å². The van der Waals surface area contributed by atoms with Crippen molar-refractivity contribution < 1.29 is 4.74 Å². The number of thioether (sulfide) groups is 1. The van der Waals surface area contributed by atoms with Crippen molar-refractivity contribution in [1.82, 2.24) is 10.6 Å². The zero-order valence-corrected chi connectivity index (χ0v) is 17.0. The van der Waals surface area contributed by atoms with Gasteiger partial charge < -0.3 is 15.4 Å². The van der Waals surface area contributed by atoms with Gasteiger partial charge in [0.2, 0.25) is 0 Å². The molecule has 0 radical (unpaired) electrons. The van der Waals surface area contributed by atoms with Crippen LogP contribution in [0.25, 0.3) is 0 Å². The first-order valence-corrected chi connectivity index (χ1v) is 8.72. The highest BCUT2D eigenvalue weighted by molar-refractivity contribution is 14.0. The van der Waals surface area contributed by atoms with Crippen LogP contribution in [0.4, 0.5) is 0 Å². The molecule has 2 N–H and O–H groups in total. The predicted octanol–water partition coefficient (Wildman–Crippen LogP) is 3.30. The highest BCUT2D eigenvalue weighted by Crippen LogP contribution is 2.17. The van der Waals surface area contributed by atoms with Crippen molar-refractivity contribution in [3.63, 3.8) is 0 Å². The van der Waals surface area contributed by atoms with Crippen LogP contribution < -0.4 is 15.4 Å². The third-order valence-electron chi connectivity index (χ3n) is 3.02. The van der Waals surface area contributed by atoms with Gasteiger partial charge in [-0.25, -0.2) is 0 Å². The van der Waals surface area contributed by atoms with Crippen molar-refractivity contribution in [2.75, 3.05) is 32.1 Å². The Morgan fingerprint density at radius 1 is 1.32 bits per heavy atom. The minimum atomic E-state index is 0. The predicted molar refractivity (Wildman–Crippen MR) is 109 cm³/mol. The first-order valence-electron chi connectivity index (χ1n) is 7.33. The lowest BCUT2D eigenvalue weighted by molar-refractivity contribution is 0.222. The Morgan fingerprint density at radius 3 is 2.68 bits per heavy atom. The van der Waals surface area contributed by atoms with Crippen LogP contribution in [0.15, 0.2) is 29.3 Å². The van der Waals surface area contributed by atoms with Gasteiger partial charge in [0.1, 0.15) is 11.9 Å². The van der Waals surface area contributed by atoms with Gasteiger partial charge in [-0.15, -0.1) is 24.0 Å². The summed E-state index contributed by atoms with van der Waals surface area (Å²) in [6.07, 6.45) is 3.34. The highest BCUT2D eigenvalue weighted by atomic mass is 127. The molecule has 0 saturated carbocycles. The minimum absolute atomic E-state index is 0. The summed E-state index contributed by atoms with van der Waals surface area (Å²) in [6.45, 7) is 5.77. The molecule has 0 aliphatic heterocycles. The molecule has 1 rings (SSSR count). The molecule has 0 aliphatic rings. The fraction of sp³-hybridized carbons (Fsp3) is 0.562. The van der Waals surface area contributed by atoms with E-state index >= 15 is 0 Å². The number of guanidine groups is 1. The summed E-state index contributed by atoms with van der Waals surface area (Å²) in [5.74, 6) is 2.93. The number of hydrogen-bond acceptors (Lipinski definition) is 3. The number of aliphatic imine (C=N–C) groups is 1. The Morgan fingerprint density at radius 2 is 2.05 bits per heavy atom. The Balaban J connectivity index is 0.00000441. The number of hydrogen-bond donors (Lipinski definition) is 2. The van der Waals surface area contributed by atoms with Gasteiger partial charge in [0.25, 0.3) is 0 Å². The van der Waals surface area contributed by atoms with E-state index in [9.17, 15) is 0 Å². The molecule has 0 heterocycles. The number of ether oxygens (including phenoxy) is 1. The summed E-state index contributed by atoms with van der Waals surface area (Å²) >= 11 is 1.86. The normalized spacial score (nSPS) is 12.3. The molecule has 1 aromatic carbocycles. The smallest absolute Gasteiger partial charge is 0.191 e. The fourth-order valence-electron chi connectivity index (χ4n) is 1.83. The molecule has 0 fully saturated rings. The van der Waals surface area contributed by atoms with Crippen LogP contribution in [0.3, 0.4) is 0 Å². The van der Waals surface area contributed by atoms with Gasteiger partial charge in [-0.3, -0.25) is 4.99 Å². The molecule has 1 unspecified atom stereocenters. The number of benzene rings is 1. The van der Waals surface area contributed by atoms with Gasteiger partial charge >= 0.3 is 0 Å². The second kappa shape index (κ2) is 12.9. The maximum absolute atomic E-state index is 5.93.